The summed E-state index contributed by atoms with van der Waals surface area (Å²) in [5.74, 6) is 1.77. The molecule has 0 aliphatic heterocycles. The number of Topliss-reactive ketones (excluding diaryl/α,β-unsaturated/α-hetero) is 1. The summed E-state index contributed by atoms with van der Waals surface area (Å²) >= 11 is 0. The topological polar surface area (TPSA) is 69.7 Å². The molecule has 4 aliphatic rings. The molecule has 9 atom stereocenters. The fraction of sp³-hybridized carbons (Fsp3) is 0.880. The molecule has 30 heavy (non-hydrogen) atoms. The molecule has 0 aromatic rings. The van der Waals surface area contributed by atoms with Crippen molar-refractivity contribution >= 4 is 17.7 Å². The van der Waals surface area contributed by atoms with E-state index >= 15 is 0 Å². The molecule has 4 fully saturated rings. The van der Waals surface area contributed by atoms with Crippen LogP contribution in [0.15, 0.2) is 0 Å². The number of hydrogen-bond donors (Lipinski definition) is 0. The number of fused-ring (bicyclic) bond motifs is 5. The van der Waals surface area contributed by atoms with E-state index in [0.717, 1.165) is 44.9 Å². The first-order valence-corrected chi connectivity index (χ1v) is 11.9. The van der Waals surface area contributed by atoms with Crippen LogP contribution in [0.1, 0.15) is 79.1 Å². The van der Waals surface area contributed by atoms with Gasteiger partial charge in [0.25, 0.3) is 0 Å². The second-order valence-corrected chi connectivity index (χ2v) is 11.1. The zero-order chi connectivity index (χ0) is 21.8. The summed E-state index contributed by atoms with van der Waals surface area (Å²) in [5.41, 5.74) is -0.241. The van der Waals surface area contributed by atoms with E-state index in [1.54, 1.807) is 0 Å². The van der Waals surface area contributed by atoms with Gasteiger partial charge in [0.05, 0.1) is 13.0 Å². The molecule has 4 rings (SSSR count). The van der Waals surface area contributed by atoms with Crippen LogP contribution in [-0.2, 0) is 23.9 Å². The third-order valence-corrected chi connectivity index (χ3v) is 10.1. The van der Waals surface area contributed by atoms with Gasteiger partial charge in [0.1, 0.15) is 11.9 Å². The van der Waals surface area contributed by atoms with Gasteiger partial charge in [-0.3, -0.25) is 14.4 Å². The minimum Gasteiger partial charge on any atom is -0.469 e. The first-order chi connectivity index (χ1) is 14.1. The lowest BCUT2D eigenvalue weighted by molar-refractivity contribution is -0.168. The van der Waals surface area contributed by atoms with Gasteiger partial charge in [0, 0.05) is 18.8 Å². The van der Waals surface area contributed by atoms with E-state index in [1.165, 1.54) is 14.0 Å². The molecule has 0 bridgehead atoms. The van der Waals surface area contributed by atoms with Crippen LogP contribution in [0.5, 0.6) is 0 Å². The molecule has 8 unspecified atom stereocenters. The van der Waals surface area contributed by atoms with Crippen LogP contribution in [0.2, 0.25) is 0 Å². The van der Waals surface area contributed by atoms with Gasteiger partial charge in [0.15, 0.2) is 0 Å². The van der Waals surface area contributed by atoms with Crippen molar-refractivity contribution in [3.05, 3.63) is 0 Å². The van der Waals surface area contributed by atoms with E-state index in [2.05, 4.69) is 13.8 Å². The summed E-state index contributed by atoms with van der Waals surface area (Å²) in [4.78, 5) is 37.4. The van der Waals surface area contributed by atoms with Crippen molar-refractivity contribution in [2.75, 3.05) is 7.11 Å². The second-order valence-electron chi connectivity index (χ2n) is 11.1. The highest BCUT2D eigenvalue weighted by atomic mass is 16.5. The monoisotopic (exact) mass is 418 g/mol. The molecule has 4 aliphatic carbocycles. The van der Waals surface area contributed by atoms with Crippen molar-refractivity contribution in [2.24, 2.45) is 46.3 Å². The Kier molecular flexibility index (Phi) is 5.55. The highest BCUT2D eigenvalue weighted by molar-refractivity contribution is 5.88. The zero-order valence-corrected chi connectivity index (χ0v) is 19.2. The van der Waals surface area contributed by atoms with Crippen LogP contribution in [0.3, 0.4) is 0 Å². The average molecular weight is 419 g/mol. The van der Waals surface area contributed by atoms with Gasteiger partial charge in [0.2, 0.25) is 0 Å². The van der Waals surface area contributed by atoms with Gasteiger partial charge in [-0.25, -0.2) is 0 Å². The molecule has 0 radical (unpaired) electrons. The van der Waals surface area contributed by atoms with Crippen LogP contribution in [0, 0.1) is 46.3 Å². The fourth-order valence-electron chi connectivity index (χ4n) is 8.45. The first-order valence-electron chi connectivity index (χ1n) is 11.9. The van der Waals surface area contributed by atoms with Crippen LogP contribution in [0.25, 0.3) is 0 Å². The smallest absolute Gasteiger partial charge is 0.308 e. The molecular formula is C25H38O5. The molecule has 0 aromatic carbocycles. The van der Waals surface area contributed by atoms with E-state index < -0.39 is 5.41 Å². The Morgan fingerprint density at radius 1 is 1.07 bits per heavy atom. The summed E-state index contributed by atoms with van der Waals surface area (Å²) in [5, 5.41) is 0. The Hall–Kier alpha value is -1.39. The Morgan fingerprint density at radius 3 is 2.47 bits per heavy atom. The lowest BCUT2D eigenvalue weighted by Crippen LogP contribution is -2.57. The van der Waals surface area contributed by atoms with Gasteiger partial charge < -0.3 is 9.47 Å². The van der Waals surface area contributed by atoms with Crippen molar-refractivity contribution in [3.8, 4) is 0 Å². The van der Waals surface area contributed by atoms with Gasteiger partial charge in [-0.1, -0.05) is 20.8 Å². The third-order valence-electron chi connectivity index (χ3n) is 10.1. The van der Waals surface area contributed by atoms with E-state index in [1.807, 2.05) is 6.92 Å². The maximum Gasteiger partial charge on any atom is 0.308 e. The quantitative estimate of drug-likeness (QED) is 0.628. The molecular weight excluding hydrogens is 380 g/mol. The number of carbonyl (C=O) groups is 3. The Morgan fingerprint density at radius 2 is 1.80 bits per heavy atom. The Balaban J connectivity index is 1.57. The van der Waals surface area contributed by atoms with Crippen molar-refractivity contribution in [2.45, 2.75) is 85.2 Å². The molecule has 0 spiro atoms. The summed E-state index contributed by atoms with van der Waals surface area (Å²) in [6, 6.07) is 0. The van der Waals surface area contributed by atoms with Gasteiger partial charge in [-0.2, -0.15) is 0 Å². The molecule has 0 aromatic heterocycles. The Labute approximate surface area is 180 Å². The summed E-state index contributed by atoms with van der Waals surface area (Å²) in [6.45, 7) is 7.99. The van der Waals surface area contributed by atoms with E-state index in [9.17, 15) is 14.4 Å². The average Bonchev–Trinajstić information content (AvgIpc) is 3.06. The number of rotatable bonds is 3. The minimum absolute atomic E-state index is 0.0402. The lowest BCUT2D eigenvalue weighted by Gasteiger charge is -2.60. The number of ketones is 1. The summed E-state index contributed by atoms with van der Waals surface area (Å²) in [7, 11) is 1.45. The molecule has 0 N–H and O–H groups in total. The van der Waals surface area contributed by atoms with E-state index in [0.29, 0.717) is 35.9 Å². The predicted octanol–water partition coefficient (Wildman–Crippen LogP) is 4.57. The van der Waals surface area contributed by atoms with Crippen molar-refractivity contribution in [1.82, 2.24) is 0 Å². The first kappa shape index (κ1) is 21.8. The van der Waals surface area contributed by atoms with E-state index in [-0.39, 0.29) is 35.3 Å². The SMILES string of the molecule is COC(=O)[C@@H](C)C1CCC2C3CCC4CC(OC(C)=O)CCC4(C)C3CC(=O)C21C. The highest BCUT2D eigenvalue weighted by Crippen LogP contribution is 2.67. The third kappa shape index (κ3) is 3.14. The van der Waals surface area contributed by atoms with Crippen molar-refractivity contribution < 1.29 is 23.9 Å². The summed E-state index contributed by atoms with van der Waals surface area (Å²) in [6.07, 6.45) is 7.89. The van der Waals surface area contributed by atoms with Crippen molar-refractivity contribution in [1.29, 1.82) is 0 Å². The predicted molar refractivity (Wildman–Crippen MR) is 112 cm³/mol. The van der Waals surface area contributed by atoms with Crippen LogP contribution in [0.4, 0.5) is 0 Å². The van der Waals surface area contributed by atoms with Gasteiger partial charge in [-0.15, -0.1) is 0 Å². The molecule has 168 valence electrons. The van der Waals surface area contributed by atoms with Crippen LogP contribution in [-0.4, -0.2) is 30.9 Å². The number of hydrogen-bond acceptors (Lipinski definition) is 5. The van der Waals surface area contributed by atoms with Gasteiger partial charge in [-0.05, 0) is 80.0 Å². The van der Waals surface area contributed by atoms with Crippen LogP contribution >= 0.6 is 0 Å². The number of methoxy groups -OCH3 is 1. The van der Waals surface area contributed by atoms with Gasteiger partial charge >= 0.3 is 11.9 Å². The summed E-state index contributed by atoms with van der Waals surface area (Å²) < 4.78 is 10.6. The van der Waals surface area contributed by atoms with Crippen molar-refractivity contribution in [3.63, 3.8) is 0 Å². The Bertz CT molecular complexity index is 731. The molecule has 5 nitrogen and oxygen atoms in total. The zero-order valence-electron chi connectivity index (χ0n) is 19.2. The fourth-order valence-corrected chi connectivity index (χ4v) is 8.45. The second kappa shape index (κ2) is 7.63. The standard InChI is InChI=1S/C25H38O5/c1-14(23(28)29-5)19-8-9-20-18-7-6-16-12-17(30-15(2)26)10-11-24(16,3)21(18)13-22(27)25(19,20)4/h14,16-21H,6-13H2,1-5H3/t14-,16?,17?,18?,19?,20?,21?,24?,25?/m0/s1. The largest absolute Gasteiger partial charge is 0.469 e. The molecule has 4 saturated carbocycles. The number of ether oxygens (including phenoxy) is 2. The number of carbonyl (C=O) groups excluding carboxylic acids is 3. The molecule has 5 heteroatoms. The highest BCUT2D eigenvalue weighted by Gasteiger charge is 2.64. The van der Waals surface area contributed by atoms with Crippen LogP contribution < -0.4 is 0 Å². The molecule has 0 saturated heterocycles. The maximum absolute atomic E-state index is 13.7. The number of esters is 2. The molecule has 0 amide bonds. The molecule has 0 heterocycles. The maximum atomic E-state index is 13.7. The van der Waals surface area contributed by atoms with E-state index in [4.69, 9.17) is 9.47 Å². The lowest BCUT2D eigenvalue weighted by atomic mass is 9.44. The minimum atomic E-state index is -0.396. The normalized spacial score (nSPS) is 46.2.